The number of ether oxygens (including phenoxy) is 2. The predicted molar refractivity (Wildman–Crippen MR) is 91.0 cm³/mol. The average Bonchev–Trinajstić information content (AvgIpc) is 2.63. The molecule has 0 N–H and O–H groups in total. The molecule has 4 heteroatoms. The van der Waals surface area contributed by atoms with Gasteiger partial charge in [0, 0.05) is 0 Å². The fourth-order valence-electron chi connectivity index (χ4n) is 3.58. The Hall–Kier alpha value is -1.84. The fraction of sp³-hybridized carbons (Fsp3) is 0.600. The Morgan fingerprint density at radius 3 is 1.54 bits per heavy atom. The minimum atomic E-state index is -0.339. The first-order valence-electron chi connectivity index (χ1n) is 9.24. The molecule has 2 saturated carbocycles. The summed E-state index contributed by atoms with van der Waals surface area (Å²) in [5, 5.41) is 0. The molecule has 0 heterocycles. The van der Waals surface area contributed by atoms with Crippen molar-refractivity contribution >= 4 is 11.9 Å². The molecule has 0 spiro atoms. The van der Waals surface area contributed by atoms with Crippen LogP contribution < -0.4 is 0 Å². The summed E-state index contributed by atoms with van der Waals surface area (Å²) in [5.41, 5.74) is 0.859. The smallest absolute Gasteiger partial charge is 0.338 e. The highest BCUT2D eigenvalue weighted by atomic mass is 16.5. The second-order valence-electron chi connectivity index (χ2n) is 6.91. The molecular weight excluding hydrogens is 304 g/mol. The van der Waals surface area contributed by atoms with Gasteiger partial charge < -0.3 is 9.47 Å². The van der Waals surface area contributed by atoms with Gasteiger partial charge >= 0.3 is 11.9 Å². The van der Waals surface area contributed by atoms with E-state index in [2.05, 4.69) is 0 Å². The van der Waals surface area contributed by atoms with E-state index in [0.717, 1.165) is 51.4 Å². The number of benzene rings is 1. The summed E-state index contributed by atoms with van der Waals surface area (Å²) in [6, 6.07) is 6.70. The largest absolute Gasteiger partial charge is 0.459 e. The van der Waals surface area contributed by atoms with Gasteiger partial charge in [0.1, 0.15) is 12.2 Å². The quantitative estimate of drug-likeness (QED) is 0.753. The number of rotatable bonds is 4. The van der Waals surface area contributed by atoms with Crippen LogP contribution in [0.4, 0.5) is 0 Å². The summed E-state index contributed by atoms with van der Waals surface area (Å²) in [4.78, 5) is 24.6. The lowest BCUT2D eigenvalue weighted by Crippen LogP contribution is -2.22. The molecule has 24 heavy (non-hydrogen) atoms. The van der Waals surface area contributed by atoms with Crippen molar-refractivity contribution in [2.75, 3.05) is 0 Å². The van der Waals surface area contributed by atoms with Crippen LogP contribution >= 0.6 is 0 Å². The van der Waals surface area contributed by atoms with Gasteiger partial charge in [-0.15, -0.1) is 0 Å². The normalized spacial score (nSPS) is 19.7. The molecule has 0 aromatic heterocycles. The van der Waals surface area contributed by atoms with E-state index in [1.165, 1.54) is 12.8 Å². The van der Waals surface area contributed by atoms with E-state index in [-0.39, 0.29) is 24.1 Å². The van der Waals surface area contributed by atoms with E-state index in [1.807, 2.05) is 0 Å². The van der Waals surface area contributed by atoms with E-state index < -0.39 is 0 Å². The van der Waals surface area contributed by atoms with Crippen molar-refractivity contribution in [2.45, 2.75) is 76.4 Å². The molecular formula is C20H26O4. The van der Waals surface area contributed by atoms with E-state index >= 15 is 0 Å². The Balaban J connectivity index is 1.60. The number of carbonyl (C=O) groups excluding carboxylic acids is 2. The molecule has 1 aromatic rings. The van der Waals surface area contributed by atoms with Crippen LogP contribution in [0, 0.1) is 0 Å². The average molecular weight is 330 g/mol. The van der Waals surface area contributed by atoms with E-state index in [1.54, 1.807) is 24.3 Å². The molecule has 0 radical (unpaired) electrons. The van der Waals surface area contributed by atoms with Gasteiger partial charge in [0.05, 0.1) is 11.1 Å². The molecule has 2 aliphatic rings. The van der Waals surface area contributed by atoms with Crippen LogP contribution in [0.5, 0.6) is 0 Å². The molecule has 0 amide bonds. The van der Waals surface area contributed by atoms with Crippen LogP contribution in [0.15, 0.2) is 24.3 Å². The molecule has 3 rings (SSSR count). The van der Waals surface area contributed by atoms with Crippen LogP contribution in [0.25, 0.3) is 0 Å². The van der Waals surface area contributed by atoms with Crippen molar-refractivity contribution in [1.29, 1.82) is 0 Å². The van der Waals surface area contributed by atoms with Gasteiger partial charge in [0.2, 0.25) is 0 Å². The van der Waals surface area contributed by atoms with Crippen molar-refractivity contribution in [2.24, 2.45) is 0 Å². The number of esters is 2. The number of hydrogen-bond donors (Lipinski definition) is 0. The lowest BCUT2D eigenvalue weighted by Gasteiger charge is -2.22. The Bertz CT molecular complexity index is 522. The van der Waals surface area contributed by atoms with Crippen molar-refractivity contribution in [3.8, 4) is 0 Å². The molecule has 2 aliphatic carbocycles. The Morgan fingerprint density at radius 1 is 0.708 bits per heavy atom. The highest BCUT2D eigenvalue weighted by molar-refractivity contribution is 5.95. The van der Waals surface area contributed by atoms with E-state index in [9.17, 15) is 9.59 Å². The van der Waals surface area contributed by atoms with Gasteiger partial charge in [0.15, 0.2) is 0 Å². The SMILES string of the molecule is O=C(OC1CCCCC1)c1cccc(C(=O)OC2CCCCC2)c1. The highest BCUT2D eigenvalue weighted by Gasteiger charge is 2.21. The summed E-state index contributed by atoms with van der Waals surface area (Å²) < 4.78 is 11.1. The molecule has 1 aromatic carbocycles. The van der Waals surface area contributed by atoms with Crippen molar-refractivity contribution in [1.82, 2.24) is 0 Å². The number of hydrogen-bond acceptors (Lipinski definition) is 4. The first-order chi connectivity index (χ1) is 11.7. The summed E-state index contributed by atoms with van der Waals surface area (Å²) in [5.74, 6) is -0.677. The Morgan fingerprint density at radius 2 is 1.12 bits per heavy atom. The minimum absolute atomic E-state index is 0.0177. The maximum Gasteiger partial charge on any atom is 0.338 e. The molecule has 2 fully saturated rings. The topological polar surface area (TPSA) is 52.6 Å². The van der Waals surface area contributed by atoms with Gasteiger partial charge in [-0.1, -0.05) is 18.9 Å². The third-order valence-corrected chi connectivity index (χ3v) is 4.99. The van der Waals surface area contributed by atoms with Crippen LogP contribution in [-0.4, -0.2) is 24.1 Å². The Kier molecular flexibility index (Phi) is 5.89. The fourth-order valence-corrected chi connectivity index (χ4v) is 3.58. The molecule has 4 nitrogen and oxygen atoms in total. The van der Waals surface area contributed by atoms with E-state index in [4.69, 9.17) is 9.47 Å². The van der Waals surface area contributed by atoms with Gasteiger partial charge in [-0.3, -0.25) is 0 Å². The lowest BCUT2D eigenvalue weighted by molar-refractivity contribution is 0.0210. The summed E-state index contributed by atoms with van der Waals surface area (Å²) in [7, 11) is 0. The van der Waals surface area contributed by atoms with Gasteiger partial charge in [-0.25, -0.2) is 9.59 Å². The van der Waals surface area contributed by atoms with Crippen molar-refractivity contribution in [3.63, 3.8) is 0 Å². The standard InChI is InChI=1S/C20H26O4/c21-19(23-17-10-3-1-4-11-17)15-8-7-9-16(14-15)20(22)24-18-12-5-2-6-13-18/h7-9,14,17-18H,1-6,10-13H2. The third kappa shape index (κ3) is 4.59. The summed E-state index contributed by atoms with van der Waals surface area (Å²) in [6.45, 7) is 0. The first-order valence-corrected chi connectivity index (χ1v) is 9.24. The zero-order chi connectivity index (χ0) is 16.8. The second-order valence-corrected chi connectivity index (χ2v) is 6.91. The summed E-state index contributed by atoms with van der Waals surface area (Å²) >= 11 is 0. The van der Waals surface area contributed by atoms with E-state index in [0.29, 0.717) is 11.1 Å². The van der Waals surface area contributed by atoms with Gasteiger partial charge in [-0.2, -0.15) is 0 Å². The molecule has 0 bridgehead atoms. The molecule has 130 valence electrons. The predicted octanol–water partition coefficient (Wildman–Crippen LogP) is 4.67. The minimum Gasteiger partial charge on any atom is -0.459 e. The molecule has 0 atom stereocenters. The van der Waals surface area contributed by atoms with Crippen LogP contribution in [0.2, 0.25) is 0 Å². The van der Waals surface area contributed by atoms with Gasteiger partial charge in [-0.05, 0) is 69.6 Å². The van der Waals surface area contributed by atoms with Gasteiger partial charge in [0.25, 0.3) is 0 Å². The third-order valence-electron chi connectivity index (χ3n) is 4.99. The molecule has 0 saturated heterocycles. The zero-order valence-corrected chi connectivity index (χ0v) is 14.2. The first kappa shape index (κ1) is 17.0. The Labute approximate surface area is 143 Å². The van der Waals surface area contributed by atoms with Crippen molar-refractivity contribution < 1.29 is 19.1 Å². The summed E-state index contributed by atoms with van der Waals surface area (Å²) in [6.07, 6.45) is 10.7. The van der Waals surface area contributed by atoms with Crippen molar-refractivity contribution in [3.05, 3.63) is 35.4 Å². The molecule has 0 unspecified atom stereocenters. The van der Waals surface area contributed by atoms with Crippen LogP contribution in [0.1, 0.15) is 84.9 Å². The highest BCUT2D eigenvalue weighted by Crippen LogP contribution is 2.23. The zero-order valence-electron chi connectivity index (χ0n) is 14.2. The second kappa shape index (κ2) is 8.32. The lowest BCUT2D eigenvalue weighted by atomic mass is 9.97. The molecule has 0 aliphatic heterocycles. The maximum absolute atomic E-state index is 12.3. The maximum atomic E-state index is 12.3. The van der Waals surface area contributed by atoms with Crippen LogP contribution in [-0.2, 0) is 9.47 Å². The monoisotopic (exact) mass is 330 g/mol. The van der Waals surface area contributed by atoms with Crippen LogP contribution in [0.3, 0.4) is 0 Å². The number of carbonyl (C=O) groups is 2.